The van der Waals surface area contributed by atoms with E-state index in [0.29, 0.717) is 5.71 Å². The summed E-state index contributed by atoms with van der Waals surface area (Å²) in [6.07, 6.45) is 2.00. The summed E-state index contributed by atoms with van der Waals surface area (Å²) in [5.41, 5.74) is 2.18. The van der Waals surface area contributed by atoms with Crippen molar-refractivity contribution < 1.29 is 10.0 Å². The third kappa shape index (κ3) is 2.39. The van der Waals surface area contributed by atoms with E-state index in [1.807, 2.05) is 24.3 Å². The van der Waals surface area contributed by atoms with Gasteiger partial charge in [0.1, 0.15) is 0 Å². The number of anilines is 1. The summed E-state index contributed by atoms with van der Waals surface area (Å²) >= 11 is 0. The Morgan fingerprint density at radius 1 is 1.38 bits per heavy atom. The quantitative estimate of drug-likeness (QED) is 0.464. The summed E-state index contributed by atoms with van der Waals surface area (Å²) in [6.45, 7) is 1.72. The van der Waals surface area contributed by atoms with Gasteiger partial charge >= 0.3 is 0 Å². The summed E-state index contributed by atoms with van der Waals surface area (Å²) in [6, 6.07) is 7.25. The molecule has 84 valence electrons. The normalized spacial score (nSPS) is 15.9. The van der Waals surface area contributed by atoms with E-state index in [1.54, 1.807) is 6.92 Å². The molecule has 0 spiro atoms. The highest BCUT2D eigenvalue weighted by atomic mass is 16.4. The summed E-state index contributed by atoms with van der Waals surface area (Å²) in [5.74, 6) is 0.306. The lowest BCUT2D eigenvalue weighted by atomic mass is 10.1. The number of hydrogen-bond donors (Lipinski definition) is 2. The molecule has 1 amide bonds. The van der Waals surface area contributed by atoms with Crippen molar-refractivity contribution >= 4 is 17.3 Å². The molecule has 0 aliphatic heterocycles. The van der Waals surface area contributed by atoms with Crippen LogP contribution in [0.15, 0.2) is 29.4 Å². The maximum atomic E-state index is 11.5. The van der Waals surface area contributed by atoms with E-state index in [0.717, 1.165) is 24.1 Å². The number of carbonyl (C=O) groups is 1. The molecule has 2 rings (SSSR count). The van der Waals surface area contributed by atoms with Gasteiger partial charge in [0.15, 0.2) is 0 Å². The average molecular weight is 218 g/mol. The highest BCUT2D eigenvalue weighted by Gasteiger charge is 2.29. The Bertz CT molecular complexity index is 419. The fourth-order valence-corrected chi connectivity index (χ4v) is 1.44. The zero-order valence-corrected chi connectivity index (χ0v) is 9.10. The van der Waals surface area contributed by atoms with E-state index < -0.39 is 0 Å². The lowest BCUT2D eigenvalue weighted by Gasteiger charge is -2.05. The molecule has 1 aliphatic rings. The SMILES string of the molecule is CC(=NO)c1ccc(NC(=O)C2CC2)cc1. The first-order valence-corrected chi connectivity index (χ1v) is 5.30. The van der Waals surface area contributed by atoms with E-state index in [2.05, 4.69) is 10.5 Å². The van der Waals surface area contributed by atoms with Gasteiger partial charge < -0.3 is 10.5 Å². The monoisotopic (exact) mass is 218 g/mol. The molecule has 4 nitrogen and oxygen atoms in total. The van der Waals surface area contributed by atoms with Gasteiger partial charge in [-0.2, -0.15) is 0 Å². The van der Waals surface area contributed by atoms with Gasteiger partial charge in [-0.25, -0.2) is 0 Å². The minimum atomic E-state index is 0.0975. The first-order valence-electron chi connectivity index (χ1n) is 5.30. The molecule has 0 radical (unpaired) electrons. The molecule has 1 aromatic carbocycles. The van der Waals surface area contributed by atoms with Crippen molar-refractivity contribution in [2.75, 3.05) is 5.32 Å². The molecule has 1 fully saturated rings. The smallest absolute Gasteiger partial charge is 0.227 e. The summed E-state index contributed by atoms with van der Waals surface area (Å²) < 4.78 is 0. The van der Waals surface area contributed by atoms with Crippen LogP contribution < -0.4 is 5.32 Å². The number of amides is 1. The van der Waals surface area contributed by atoms with Crippen LogP contribution in [0.4, 0.5) is 5.69 Å². The second kappa shape index (κ2) is 4.35. The molecule has 0 aromatic heterocycles. The maximum Gasteiger partial charge on any atom is 0.227 e. The van der Waals surface area contributed by atoms with Crippen LogP contribution in [0, 0.1) is 5.92 Å². The molecule has 4 heteroatoms. The molecular formula is C12H14N2O2. The number of hydrogen-bond acceptors (Lipinski definition) is 3. The van der Waals surface area contributed by atoms with Crippen LogP contribution in [0.1, 0.15) is 25.3 Å². The van der Waals surface area contributed by atoms with E-state index >= 15 is 0 Å². The van der Waals surface area contributed by atoms with Gasteiger partial charge in [-0.3, -0.25) is 4.79 Å². The van der Waals surface area contributed by atoms with Gasteiger partial charge in [0.2, 0.25) is 5.91 Å². The molecule has 0 saturated heterocycles. The number of oxime groups is 1. The number of carbonyl (C=O) groups excluding carboxylic acids is 1. The summed E-state index contributed by atoms with van der Waals surface area (Å²) in [7, 11) is 0. The Kier molecular flexibility index (Phi) is 2.90. The Balaban J connectivity index is 2.04. The molecule has 0 bridgehead atoms. The van der Waals surface area contributed by atoms with Gasteiger partial charge in [0, 0.05) is 11.6 Å². The first kappa shape index (κ1) is 10.7. The molecule has 1 aromatic rings. The van der Waals surface area contributed by atoms with Crippen molar-refractivity contribution in [2.24, 2.45) is 11.1 Å². The van der Waals surface area contributed by atoms with Gasteiger partial charge in [0.25, 0.3) is 0 Å². The van der Waals surface area contributed by atoms with Crippen LogP contribution in [0.5, 0.6) is 0 Å². The predicted molar refractivity (Wildman–Crippen MR) is 61.8 cm³/mol. The third-order valence-electron chi connectivity index (χ3n) is 2.67. The zero-order valence-electron chi connectivity index (χ0n) is 9.10. The van der Waals surface area contributed by atoms with Crippen molar-refractivity contribution in [2.45, 2.75) is 19.8 Å². The number of benzene rings is 1. The van der Waals surface area contributed by atoms with Gasteiger partial charge in [-0.15, -0.1) is 0 Å². The molecule has 0 unspecified atom stereocenters. The number of rotatable bonds is 3. The Hall–Kier alpha value is -1.84. The van der Waals surface area contributed by atoms with Crippen LogP contribution in [0.3, 0.4) is 0 Å². The second-order valence-corrected chi connectivity index (χ2v) is 4.03. The van der Waals surface area contributed by atoms with E-state index in [1.165, 1.54) is 0 Å². The van der Waals surface area contributed by atoms with Gasteiger partial charge in [-0.05, 0) is 37.5 Å². The third-order valence-corrected chi connectivity index (χ3v) is 2.67. The number of nitrogens with zero attached hydrogens (tertiary/aromatic N) is 1. The standard InChI is InChI=1S/C12H14N2O2/c1-8(14-16)9-4-6-11(7-5-9)13-12(15)10-2-3-10/h4-7,10,16H,2-3H2,1H3,(H,13,15). The average Bonchev–Trinajstić information content (AvgIpc) is 3.13. The Morgan fingerprint density at radius 3 is 2.50 bits per heavy atom. The van der Waals surface area contributed by atoms with Crippen molar-refractivity contribution in [3.63, 3.8) is 0 Å². The number of nitrogens with one attached hydrogen (secondary N) is 1. The van der Waals surface area contributed by atoms with Crippen LogP contribution in [0.25, 0.3) is 0 Å². The summed E-state index contributed by atoms with van der Waals surface area (Å²) in [4.78, 5) is 11.5. The van der Waals surface area contributed by atoms with E-state index in [-0.39, 0.29) is 11.8 Å². The highest BCUT2D eigenvalue weighted by Crippen LogP contribution is 2.30. The van der Waals surface area contributed by atoms with Crippen molar-refractivity contribution in [1.29, 1.82) is 0 Å². The molecule has 0 heterocycles. The molecular weight excluding hydrogens is 204 g/mol. The van der Waals surface area contributed by atoms with Gasteiger partial charge in [0.05, 0.1) is 5.71 Å². The Labute approximate surface area is 94.0 Å². The lowest BCUT2D eigenvalue weighted by Crippen LogP contribution is -2.13. The fraction of sp³-hybridized carbons (Fsp3) is 0.333. The summed E-state index contributed by atoms with van der Waals surface area (Å²) in [5, 5.41) is 14.6. The van der Waals surface area contributed by atoms with Crippen LogP contribution in [-0.2, 0) is 4.79 Å². The highest BCUT2D eigenvalue weighted by molar-refractivity contribution is 5.99. The molecule has 2 N–H and O–H groups in total. The minimum absolute atomic E-state index is 0.0975. The van der Waals surface area contributed by atoms with E-state index in [4.69, 9.17) is 5.21 Å². The van der Waals surface area contributed by atoms with Crippen LogP contribution in [-0.4, -0.2) is 16.8 Å². The topological polar surface area (TPSA) is 61.7 Å². The van der Waals surface area contributed by atoms with Crippen LogP contribution >= 0.6 is 0 Å². The largest absolute Gasteiger partial charge is 0.411 e. The molecule has 1 aliphatic carbocycles. The minimum Gasteiger partial charge on any atom is -0.411 e. The van der Waals surface area contributed by atoms with Gasteiger partial charge in [-0.1, -0.05) is 17.3 Å². The van der Waals surface area contributed by atoms with Crippen molar-refractivity contribution in [3.8, 4) is 0 Å². The van der Waals surface area contributed by atoms with Crippen LogP contribution in [0.2, 0.25) is 0 Å². The molecule has 0 atom stereocenters. The van der Waals surface area contributed by atoms with Crippen molar-refractivity contribution in [1.82, 2.24) is 0 Å². The molecule has 1 saturated carbocycles. The second-order valence-electron chi connectivity index (χ2n) is 4.03. The van der Waals surface area contributed by atoms with Crippen molar-refractivity contribution in [3.05, 3.63) is 29.8 Å². The Morgan fingerprint density at radius 2 is 2.00 bits per heavy atom. The predicted octanol–water partition coefficient (Wildman–Crippen LogP) is 2.23. The lowest BCUT2D eigenvalue weighted by molar-refractivity contribution is -0.117. The molecule has 16 heavy (non-hydrogen) atoms. The van der Waals surface area contributed by atoms with E-state index in [9.17, 15) is 4.79 Å². The maximum absolute atomic E-state index is 11.5. The zero-order chi connectivity index (χ0) is 11.5. The fourth-order valence-electron chi connectivity index (χ4n) is 1.44. The first-order chi connectivity index (χ1) is 7.70.